The Kier molecular flexibility index (Phi) is 3.67. The first kappa shape index (κ1) is 12.2. The van der Waals surface area contributed by atoms with Gasteiger partial charge in [-0.3, -0.25) is 4.79 Å². The van der Waals surface area contributed by atoms with E-state index in [0.29, 0.717) is 5.56 Å². The highest BCUT2D eigenvalue weighted by Gasteiger charge is 2.02. The zero-order valence-electron chi connectivity index (χ0n) is 9.40. The van der Waals surface area contributed by atoms with Gasteiger partial charge >= 0.3 is 0 Å². The summed E-state index contributed by atoms with van der Waals surface area (Å²) in [7, 11) is 0. The molecule has 0 fully saturated rings. The van der Waals surface area contributed by atoms with Gasteiger partial charge < -0.3 is 4.74 Å². The van der Waals surface area contributed by atoms with Gasteiger partial charge in [-0.15, -0.1) is 0 Å². The Labute approximate surface area is 103 Å². The van der Waals surface area contributed by atoms with E-state index in [9.17, 15) is 13.6 Å². The third-order valence-corrected chi connectivity index (χ3v) is 2.36. The molecule has 0 aliphatic rings. The molecular formula is C14H10F2O2. The van der Waals surface area contributed by atoms with Gasteiger partial charge in [0.1, 0.15) is 30.3 Å². The third-order valence-electron chi connectivity index (χ3n) is 2.36. The topological polar surface area (TPSA) is 26.3 Å². The van der Waals surface area contributed by atoms with Crippen LogP contribution in [0.4, 0.5) is 8.78 Å². The predicted octanol–water partition coefficient (Wildman–Crippen LogP) is 3.36. The average molecular weight is 248 g/mol. The molecule has 2 nitrogen and oxygen atoms in total. The zero-order valence-corrected chi connectivity index (χ0v) is 9.40. The summed E-state index contributed by atoms with van der Waals surface area (Å²) in [6.07, 6.45) is 0.743. The van der Waals surface area contributed by atoms with Crippen LogP contribution in [-0.2, 0) is 6.61 Å². The summed E-state index contributed by atoms with van der Waals surface area (Å²) in [6.45, 7) is 0.183. The standard InChI is InChI=1S/C14H10F2O2/c15-12-5-13(16)7-14(6-12)18-9-11-3-1-10(8-17)2-4-11/h1-8H,9H2. The number of carbonyl (C=O) groups is 1. The van der Waals surface area contributed by atoms with Crippen LogP contribution in [-0.4, -0.2) is 6.29 Å². The molecular weight excluding hydrogens is 238 g/mol. The van der Waals surface area contributed by atoms with Gasteiger partial charge in [-0.05, 0) is 5.56 Å². The molecule has 0 aliphatic heterocycles. The van der Waals surface area contributed by atoms with Crippen molar-refractivity contribution in [2.75, 3.05) is 0 Å². The van der Waals surface area contributed by atoms with Gasteiger partial charge in [0.05, 0.1) is 0 Å². The van der Waals surface area contributed by atoms with Crippen molar-refractivity contribution in [1.29, 1.82) is 0 Å². The van der Waals surface area contributed by atoms with E-state index in [2.05, 4.69) is 0 Å². The van der Waals surface area contributed by atoms with Crippen LogP contribution in [0, 0.1) is 11.6 Å². The van der Waals surface area contributed by atoms with Gasteiger partial charge in [0, 0.05) is 23.8 Å². The average Bonchev–Trinajstić information content (AvgIpc) is 2.36. The summed E-state index contributed by atoms with van der Waals surface area (Å²) in [5.74, 6) is -1.23. The number of carbonyl (C=O) groups excluding carboxylic acids is 1. The Hall–Kier alpha value is -2.23. The van der Waals surface area contributed by atoms with Gasteiger partial charge in [0.25, 0.3) is 0 Å². The Balaban J connectivity index is 2.03. The lowest BCUT2D eigenvalue weighted by atomic mass is 10.2. The highest BCUT2D eigenvalue weighted by molar-refractivity contribution is 5.74. The number of benzene rings is 2. The summed E-state index contributed by atoms with van der Waals surface area (Å²) in [6, 6.07) is 9.76. The molecule has 0 aromatic heterocycles. The maximum absolute atomic E-state index is 12.9. The first-order valence-electron chi connectivity index (χ1n) is 5.30. The minimum absolute atomic E-state index is 0.131. The molecule has 2 aromatic rings. The van der Waals surface area contributed by atoms with Crippen molar-refractivity contribution in [3.8, 4) is 5.75 Å². The Morgan fingerprint density at radius 2 is 1.61 bits per heavy atom. The third kappa shape index (κ3) is 3.13. The highest BCUT2D eigenvalue weighted by Crippen LogP contribution is 2.17. The fourth-order valence-electron chi connectivity index (χ4n) is 1.47. The predicted molar refractivity (Wildman–Crippen MR) is 62.5 cm³/mol. The molecule has 2 aromatic carbocycles. The van der Waals surface area contributed by atoms with Crippen LogP contribution in [0.1, 0.15) is 15.9 Å². The van der Waals surface area contributed by atoms with Crippen LogP contribution in [0.5, 0.6) is 5.75 Å². The Bertz CT molecular complexity index is 530. The molecule has 0 radical (unpaired) electrons. The number of hydrogen-bond acceptors (Lipinski definition) is 2. The van der Waals surface area contributed by atoms with Crippen molar-refractivity contribution in [3.05, 3.63) is 65.2 Å². The van der Waals surface area contributed by atoms with Crippen molar-refractivity contribution < 1.29 is 18.3 Å². The van der Waals surface area contributed by atoms with E-state index >= 15 is 0 Å². The largest absolute Gasteiger partial charge is 0.489 e. The second-order valence-electron chi connectivity index (χ2n) is 3.75. The van der Waals surface area contributed by atoms with E-state index < -0.39 is 11.6 Å². The van der Waals surface area contributed by atoms with E-state index in [1.807, 2.05) is 0 Å². The van der Waals surface area contributed by atoms with Gasteiger partial charge in [0.2, 0.25) is 0 Å². The second-order valence-corrected chi connectivity index (χ2v) is 3.75. The summed E-state index contributed by atoms with van der Waals surface area (Å²) in [5.41, 5.74) is 1.38. The lowest BCUT2D eigenvalue weighted by Gasteiger charge is -2.06. The van der Waals surface area contributed by atoms with Gasteiger partial charge in [-0.2, -0.15) is 0 Å². The molecule has 0 amide bonds. The van der Waals surface area contributed by atoms with Gasteiger partial charge in [-0.1, -0.05) is 24.3 Å². The van der Waals surface area contributed by atoms with E-state index in [4.69, 9.17) is 4.74 Å². The molecule has 0 saturated carbocycles. The molecule has 92 valence electrons. The molecule has 0 bridgehead atoms. The maximum Gasteiger partial charge on any atom is 0.150 e. The number of ether oxygens (including phenoxy) is 1. The van der Waals surface area contributed by atoms with Crippen molar-refractivity contribution in [2.45, 2.75) is 6.61 Å². The summed E-state index contributed by atoms with van der Waals surface area (Å²) in [5, 5.41) is 0. The highest BCUT2D eigenvalue weighted by atomic mass is 19.1. The molecule has 0 heterocycles. The van der Waals surface area contributed by atoms with E-state index in [1.165, 1.54) is 0 Å². The van der Waals surface area contributed by atoms with Crippen LogP contribution in [0.2, 0.25) is 0 Å². The number of aldehydes is 1. The number of halogens is 2. The number of rotatable bonds is 4. The Morgan fingerprint density at radius 1 is 1.00 bits per heavy atom. The van der Waals surface area contributed by atoms with Crippen LogP contribution in [0.25, 0.3) is 0 Å². The van der Waals surface area contributed by atoms with Crippen molar-refractivity contribution in [3.63, 3.8) is 0 Å². The van der Waals surface area contributed by atoms with Crippen molar-refractivity contribution in [2.24, 2.45) is 0 Å². The quantitative estimate of drug-likeness (QED) is 0.775. The van der Waals surface area contributed by atoms with Crippen molar-refractivity contribution in [1.82, 2.24) is 0 Å². The molecule has 0 saturated heterocycles. The number of hydrogen-bond donors (Lipinski definition) is 0. The van der Waals surface area contributed by atoms with Gasteiger partial charge in [0.15, 0.2) is 0 Å². The molecule has 18 heavy (non-hydrogen) atoms. The zero-order chi connectivity index (χ0) is 13.0. The first-order chi connectivity index (χ1) is 8.67. The van der Waals surface area contributed by atoms with Crippen LogP contribution in [0.3, 0.4) is 0 Å². The fraction of sp³-hybridized carbons (Fsp3) is 0.0714. The minimum Gasteiger partial charge on any atom is -0.489 e. The molecule has 0 aliphatic carbocycles. The SMILES string of the molecule is O=Cc1ccc(COc2cc(F)cc(F)c2)cc1. The summed E-state index contributed by atoms with van der Waals surface area (Å²) < 4.78 is 31.0. The van der Waals surface area contributed by atoms with E-state index in [-0.39, 0.29) is 12.4 Å². The first-order valence-corrected chi connectivity index (χ1v) is 5.30. The van der Waals surface area contributed by atoms with E-state index in [0.717, 1.165) is 30.0 Å². The molecule has 2 rings (SSSR count). The monoisotopic (exact) mass is 248 g/mol. The fourth-order valence-corrected chi connectivity index (χ4v) is 1.47. The maximum atomic E-state index is 12.9. The summed E-state index contributed by atoms with van der Waals surface area (Å²) >= 11 is 0. The van der Waals surface area contributed by atoms with E-state index in [1.54, 1.807) is 24.3 Å². The molecule has 0 atom stereocenters. The minimum atomic E-state index is -0.679. The molecule has 0 spiro atoms. The van der Waals surface area contributed by atoms with Crippen molar-refractivity contribution >= 4 is 6.29 Å². The summed E-state index contributed by atoms with van der Waals surface area (Å²) in [4.78, 5) is 10.5. The second kappa shape index (κ2) is 5.40. The normalized spacial score (nSPS) is 10.1. The van der Waals surface area contributed by atoms with Gasteiger partial charge in [-0.25, -0.2) is 8.78 Å². The lowest BCUT2D eigenvalue weighted by Crippen LogP contribution is -1.96. The molecule has 0 N–H and O–H groups in total. The molecule has 0 unspecified atom stereocenters. The lowest BCUT2D eigenvalue weighted by molar-refractivity contribution is 0.112. The van der Waals surface area contributed by atoms with Crippen LogP contribution >= 0.6 is 0 Å². The molecule has 4 heteroatoms. The Morgan fingerprint density at radius 3 is 2.17 bits per heavy atom. The van der Waals surface area contributed by atoms with Crippen LogP contribution < -0.4 is 4.74 Å². The van der Waals surface area contributed by atoms with Crippen LogP contribution in [0.15, 0.2) is 42.5 Å². The smallest absolute Gasteiger partial charge is 0.150 e.